The molecule has 0 radical (unpaired) electrons. The first-order valence-corrected chi connectivity index (χ1v) is 7.03. The highest BCUT2D eigenvalue weighted by Crippen LogP contribution is 2.19. The number of esters is 1. The van der Waals surface area contributed by atoms with Crippen LogP contribution in [-0.2, 0) is 14.3 Å². The van der Waals surface area contributed by atoms with Crippen molar-refractivity contribution in [2.45, 2.75) is 64.9 Å². The zero-order valence-electron chi connectivity index (χ0n) is 12.3. The van der Waals surface area contributed by atoms with Crippen LogP contribution < -0.4 is 5.32 Å². The summed E-state index contributed by atoms with van der Waals surface area (Å²) in [6.07, 6.45) is 7.10. The summed E-state index contributed by atoms with van der Waals surface area (Å²) in [5.41, 5.74) is 0.954. The van der Waals surface area contributed by atoms with Gasteiger partial charge >= 0.3 is 5.97 Å². The standard InChI is InChI=1S/C15H25NO3/c1-15(2,3)19-14(18)9-8-13(17)16-11-10-12-6-4-5-7-12/h6H,4-5,7-11H2,1-3H3,(H,16,17). The summed E-state index contributed by atoms with van der Waals surface area (Å²) in [6.45, 7) is 6.12. The molecule has 0 spiro atoms. The van der Waals surface area contributed by atoms with Gasteiger partial charge in [0.25, 0.3) is 0 Å². The number of hydrogen-bond acceptors (Lipinski definition) is 3. The van der Waals surface area contributed by atoms with Crippen molar-refractivity contribution in [2.24, 2.45) is 0 Å². The third-order valence-electron chi connectivity index (χ3n) is 2.88. The number of nitrogens with one attached hydrogen (secondary N) is 1. The lowest BCUT2D eigenvalue weighted by Crippen LogP contribution is -2.27. The van der Waals surface area contributed by atoms with Crippen molar-refractivity contribution in [3.05, 3.63) is 11.6 Å². The van der Waals surface area contributed by atoms with Crippen LogP contribution >= 0.6 is 0 Å². The molecule has 1 amide bonds. The third-order valence-corrected chi connectivity index (χ3v) is 2.88. The van der Waals surface area contributed by atoms with Gasteiger partial charge in [0.15, 0.2) is 0 Å². The fourth-order valence-corrected chi connectivity index (χ4v) is 2.02. The highest BCUT2D eigenvalue weighted by molar-refractivity contribution is 5.81. The molecular weight excluding hydrogens is 242 g/mol. The molecule has 4 nitrogen and oxygen atoms in total. The number of amides is 1. The Morgan fingerprint density at radius 3 is 2.63 bits per heavy atom. The second-order valence-electron chi connectivity index (χ2n) is 5.94. The molecule has 108 valence electrons. The van der Waals surface area contributed by atoms with E-state index < -0.39 is 5.60 Å². The fourth-order valence-electron chi connectivity index (χ4n) is 2.02. The third kappa shape index (κ3) is 7.65. The van der Waals surface area contributed by atoms with E-state index in [4.69, 9.17) is 4.74 Å². The molecule has 0 aromatic rings. The van der Waals surface area contributed by atoms with Crippen LogP contribution in [0.2, 0.25) is 0 Å². The normalized spacial score (nSPS) is 15.0. The molecule has 0 unspecified atom stereocenters. The number of ether oxygens (including phenoxy) is 1. The average Bonchev–Trinajstić information content (AvgIpc) is 2.77. The predicted octanol–water partition coefficient (Wildman–Crippen LogP) is 2.72. The topological polar surface area (TPSA) is 55.4 Å². The summed E-state index contributed by atoms with van der Waals surface area (Å²) in [6, 6.07) is 0. The minimum atomic E-state index is -0.484. The Bertz CT molecular complexity index is 353. The first kappa shape index (κ1) is 15.7. The van der Waals surface area contributed by atoms with Crippen molar-refractivity contribution in [1.82, 2.24) is 5.32 Å². The molecule has 0 bridgehead atoms. The lowest BCUT2D eigenvalue weighted by atomic mass is 10.1. The van der Waals surface area contributed by atoms with Gasteiger partial charge in [0, 0.05) is 13.0 Å². The van der Waals surface area contributed by atoms with Crippen molar-refractivity contribution in [1.29, 1.82) is 0 Å². The lowest BCUT2D eigenvalue weighted by Gasteiger charge is -2.19. The average molecular weight is 267 g/mol. The monoisotopic (exact) mass is 267 g/mol. The maximum atomic E-state index is 11.5. The number of carbonyl (C=O) groups is 2. The van der Waals surface area contributed by atoms with Gasteiger partial charge in [-0.1, -0.05) is 11.6 Å². The molecule has 0 aliphatic heterocycles. The largest absolute Gasteiger partial charge is 0.460 e. The lowest BCUT2D eigenvalue weighted by molar-refractivity contribution is -0.155. The molecule has 4 heteroatoms. The van der Waals surface area contributed by atoms with E-state index in [-0.39, 0.29) is 24.7 Å². The molecule has 0 fully saturated rings. The van der Waals surface area contributed by atoms with Crippen LogP contribution in [0.1, 0.15) is 59.3 Å². The zero-order valence-corrected chi connectivity index (χ0v) is 12.3. The Morgan fingerprint density at radius 1 is 1.32 bits per heavy atom. The number of carbonyl (C=O) groups excluding carboxylic acids is 2. The summed E-state index contributed by atoms with van der Waals surface area (Å²) in [5.74, 6) is -0.398. The van der Waals surface area contributed by atoms with Crippen molar-refractivity contribution >= 4 is 11.9 Å². The number of rotatable bonds is 6. The quantitative estimate of drug-likeness (QED) is 0.594. The van der Waals surface area contributed by atoms with E-state index in [0.29, 0.717) is 6.54 Å². The summed E-state index contributed by atoms with van der Waals surface area (Å²) in [7, 11) is 0. The molecule has 1 aliphatic rings. The maximum Gasteiger partial charge on any atom is 0.306 e. The minimum absolute atomic E-state index is 0.0792. The Kier molecular flexibility index (Phi) is 6.06. The van der Waals surface area contributed by atoms with Gasteiger partial charge in [0.2, 0.25) is 5.91 Å². The molecular formula is C15H25NO3. The zero-order chi connectivity index (χ0) is 14.3. The van der Waals surface area contributed by atoms with E-state index in [1.807, 2.05) is 20.8 Å². The summed E-state index contributed by atoms with van der Waals surface area (Å²) in [4.78, 5) is 23.0. The van der Waals surface area contributed by atoms with Gasteiger partial charge in [-0.25, -0.2) is 0 Å². The van der Waals surface area contributed by atoms with Gasteiger partial charge in [-0.05, 0) is 46.5 Å². The van der Waals surface area contributed by atoms with Crippen LogP contribution in [0, 0.1) is 0 Å². The highest BCUT2D eigenvalue weighted by atomic mass is 16.6. The number of hydrogen-bond donors (Lipinski definition) is 1. The Morgan fingerprint density at radius 2 is 2.05 bits per heavy atom. The first-order valence-electron chi connectivity index (χ1n) is 7.03. The molecule has 0 heterocycles. The molecule has 0 saturated heterocycles. The highest BCUT2D eigenvalue weighted by Gasteiger charge is 2.17. The molecule has 1 N–H and O–H groups in total. The van der Waals surface area contributed by atoms with E-state index in [2.05, 4.69) is 11.4 Å². The van der Waals surface area contributed by atoms with Crippen molar-refractivity contribution in [3.8, 4) is 0 Å². The van der Waals surface area contributed by atoms with Gasteiger partial charge in [-0.2, -0.15) is 0 Å². The Balaban J connectivity index is 2.09. The van der Waals surface area contributed by atoms with Gasteiger partial charge in [-0.3, -0.25) is 9.59 Å². The molecule has 1 rings (SSSR count). The molecule has 0 atom stereocenters. The number of allylic oxidation sites excluding steroid dienone is 1. The maximum absolute atomic E-state index is 11.5. The van der Waals surface area contributed by atoms with E-state index in [0.717, 1.165) is 12.8 Å². The fraction of sp³-hybridized carbons (Fsp3) is 0.733. The molecule has 0 aromatic heterocycles. The predicted molar refractivity (Wildman–Crippen MR) is 74.6 cm³/mol. The smallest absolute Gasteiger partial charge is 0.306 e. The van der Waals surface area contributed by atoms with E-state index in [1.165, 1.54) is 18.4 Å². The van der Waals surface area contributed by atoms with Crippen LogP contribution in [-0.4, -0.2) is 24.0 Å². The van der Waals surface area contributed by atoms with Crippen molar-refractivity contribution < 1.29 is 14.3 Å². The SMILES string of the molecule is CC(C)(C)OC(=O)CCC(=O)NCCC1=CCCC1. The van der Waals surface area contributed by atoms with Crippen LogP contribution in [0.5, 0.6) is 0 Å². The van der Waals surface area contributed by atoms with Gasteiger partial charge in [-0.15, -0.1) is 0 Å². The second kappa shape index (κ2) is 7.31. The molecule has 0 saturated carbocycles. The minimum Gasteiger partial charge on any atom is -0.460 e. The van der Waals surface area contributed by atoms with Crippen LogP contribution in [0.25, 0.3) is 0 Å². The van der Waals surface area contributed by atoms with E-state index >= 15 is 0 Å². The van der Waals surface area contributed by atoms with Crippen LogP contribution in [0.15, 0.2) is 11.6 Å². The van der Waals surface area contributed by atoms with Crippen LogP contribution in [0.3, 0.4) is 0 Å². The second-order valence-corrected chi connectivity index (χ2v) is 5.94. The van der Waals surface area contributed by atoms with Crippen molar-refractivity contribution in [3.63, 3.8) is 0 Å². The Labute approximate surface area is 115 Å². The molecule has 0 aromatic carbocycles. The Hall–Kier alpha value is -1.32. The molecule has 19 heavy (non-hydrogen) atoms. The van der Waals surface area contributed by atoms with Crippen LogP contribution in [0.4, 0.5) is 0 Å². The van der Waals surface area contributed by atoms with E-state index in [9.17, 15) is 9.59 Å². The molecule has 1 aliphatic carbocycles. The summed E-state index contributed by atoms with van der Waals surface area (Å²) >= 11 is 0. The van der Waals surface area contributed by atoms with Gasteiger partial charge < -0.3 is 10.1 Å². The van der Waals surface area contributed by atoms with Gasteiger partial charge in [0.1, 0.15) is 5.60 Å². The van der Waals surface area contributed by atoms with Gasteiger partial charge in [0.05, 0.1) is 6.42 Å². The summed E-state index contributed by atoms with van der Waals surface area (Å²) in [5, 5.41) is 2.84. The summed E-state index contributed by atoms with van der Waals surface area (Å²) < 4.78 is 5.15. The van der Waals surface area contributed by atoms with Crippen molar-refractivity contribution in [2.75, 3.05) is 6.54 Å². The van der Waals surface area contributed by atoms with E-state index in [1.54, 1.807) is 0 Å². The first-order chi connectivity index (χ1) is 8.87.